The molecule has 2 nitrogen and oxygen atoms in total. The van der Waals surface area contributed by atoms with E-state index >= 15 is 0 Å². The second kappa shape index (κ2) is 5.69. The first-order chi connectivity index (χ1) is 7.42. The number of rotatable bonds is 5. The number of alkyl halides is 1. The Balaban J connectivity index is 2.71. The van der Waals surface area contributed by atoms with Crippen molar-refractivity contribution in [2.75, 3.05) is 17.9 Å². The smallest absolute Gasteiger partial charge is 0.147 e. The third-order valence-corrected chi connectivity index (χ3v) is 3.92. The van der Waals surface area contributed by atoms with Crippen LogP contribution in [0.2, 0.25) is 0 Å². The van der Waals surface area contributed by atoms with E-state index in [2.05, 4.69) is 0 Å². The van der Waals surface area contributed by atoms with Crippen molar-refractivity contribution in [2.24, 2.45) is 0 Å². The highest BCUT2D eigenvalue weighted by Crippen LogP contribution is 2.22. The standard InChI is InChI=1S/C12H17ClO2S/c1-10-3-5-11(6-4-10)12(9-13)7-8-16(2,14)15/h3-6,12H,7-9H2,1-2H3. The fourth-order valence-electron chi connectivity index (χ4n) is 1.53. The van der Waals surface area contributed by atoms with E-state index in [4.69, 9.17) is 11.6 Å². The minimum Gasteiger partial charge on any atom is -0.229 e. The van der Waals surface area contributed by atoms with E-state index in [9.17, 15) is 8.42 Å². The lowest BCUT2D eigenvalue weighted by atomic mass is 9.98. The first-order valence-electron chi connectivity index (χ1n) is 5.22. The highest BCUT2D eigenvalue weighted by Gasteiger charge is 2.13. The van der Waals surface area contributed by atoms with Crippen molar-refractivity contribution < 1.29 is 8.42 Å². The summed E-state index contributed by atoms with van der Waals surface area (Å²) >= 11 is 5.88. The SMILES string of the molecule is Cc1ccc(C(CCl)CCS(C)(=O)=O)cc1. The third kappa shape index (κ3) is 4.54. The zero-order valence-electron chi connectivity index (χ0n) is 9.61. The minimum atomic E-state index is -2.90. The number of hydrogen-bond acceptors (Lipinski definition) is 2. The van der Waals surface area contributed by atoms with Crippen LogP contribution < -0.4 is 0 Å². The van der Waals surface area contributed by atoms with E-state index in [1.807, 2.05) is 31.2 Å². The average Bonchev–Trinajstić information content (AvgIpc) is 2.20. The summed E-state index contributed by atoms with van der Waals surface area (Å²) in [5.41, 5.74) is 2.31. The molecule has 0 spiro atoms. The Labute approximate surface area is 103 Å². The van der Waals surface area contributed by atoms with E-state index in [0.717, 1.165) is 5.56 Å². The molecule has 1 unspecified atom stereocenters. The fraction of sp³-hybridized carbons (Fsp3) is 0.500. The summed E-state index contributed by atoms with van der Waals surface area (Å²) < 4.78 is 22.2. The van der Waals surface area contributed by atoms with Crippen molar-refractivity contribution in [3.8, 4) is 0 Å². The van der Waals surface area contributed by atoms with Crippen LogP contribution in [0.25, 0.3) is 0 Å². The van der Waals surface area contributed by atoms with Gasteiger partial charge in [0.25, 0.3) is 0 Å². The van der Waals surface area contributed by atoms with Gasteiger partial charge in [-0.3, -0.25) is 0 Å². The largest absolute Gasteiger partial charge is 0.229 e. The lowest BCUT2D eigenvalue weighted by Gasteiger charge is -2.13. The molecule has 4 heteroatoms. The molecule has 0 saturated carbocycles. The van der Waals surface area contributed by atoms with Gasteiger partial charge in [-0.05, 0) is 24.8 Å². The Bertz CT molecular complexity index is 423. The third-order valence-electron chi connectivity index (χ3n) is 2.57. The van der Waals surface area contributed by atoms with Gasteiger partial charge >= 0.3 is 0 Å². The van der Waals surface area contributed by atoms with Crippen molar-refractivity contribution in [3.63, 3.8) is 0 Å². The lowest BCUT2D eigenvalue weighted by molar-refractivity contribution is 0.594. The topological polar surface area (TPSA) is 34.1 Å². The molecule has 0 radical (unpaired) electrons. The van der Waals surface area contributed by atoms with Crippen molar-refractivity contribution in [1.82, 2.24) is 0 Å². The van der Waals surface area contributed by atoms with Gasteiger partial charge in [-0.15, -0.1) is 11.6 Å². The maximum atomic E-state index is 11.1. The van der Waals surface area contributed by atoms with Gasteiger partial charge in [-0.25, -0.2) is 8.42 Å². The summed E-state index contributed by atoms with van der Waals surface area (Å²) in [6, 6.07) is 8.08. The van der Waals surface area contributed by atoms with Crippen molar-refractivity contribution in [1.29, 1.82) is 0 Å². The molecule has 1 aromatic carbocycles. The van der Waals surface area contributed by atoms with Crippen LogP contribution in [0, 0.1) is 6.92 Å². The van der Waals surface area contributed by atoms with Gasteiger partial charge < -0.3 is 0 Å². The molecule has 1 rings (SSSR count). The molecular formula is C12H17ClO2S. The molecular weight excluding hydrogens is 244 g/mol. The molecule has 1 aromatic rings. The summed E-state index contributed by atoms with van der Waals surface area (Å²) in [7, 11) is -2.90. The van der Waals surface area contributed by atoms with Gasteiger partial charge in [0.1, 0.15) is 9.84 Å². The van der Waals surface area contributed by atoms with Crippen molar-refractivity contribution in [2.45, 2.75) is 19.3 Å². The zero-order chi connectivity index (χ0) is 12.2. The van der Waals surface area contributed by atoms with E-state index < -0.39 is 9.84 Å². The van der Waals surface area contributed by atoms with Gasteiger partial charge in [0.15, 0.2) is 0 Å². The predicted molar refractivity (Wildman–Crippen MR) is 69.0 cm³/mol. The van der Waals surface area contributed by atoms with Crippen molar-refractivity contribution >= 4 is 21.4 Å². The molecule has 90 valence electrons. The fourth-order valence-corrected chi connectivity index (χ4v) is 2.57. The highest BCUT2D eigenvalue weighted by molar-refractivity contribution is 7.90. The minimum absolute atomic E-state index is 0.122. The maximum absolute atomic E-state index is 11.1. The number of sulfone groups is 1. The molecule has 1 atom stereocenters. The first-order valence-corrected chi connectivity index (χ1v) is 7.82. The van der Waals surface area contributed by atoms with E-state index in [0.29, 0.717) is 12.3 Å². The van der Waals surface area contributed by atoms with Crippen LogP contribution in [0.3, 0.4) is 0 Å². The van der Waals surface area contributed by atoms with Crippen LogP contribution in [0.5, 0.6) is 0 Å². The summed E-state index contributed by atoms with van der Waals surface area (Å²) in [6.07, 6.45) is 1.85. The van der Waals surface area contributed by atoms with E-state index in [1.54, 1.807) is 0 Å². The number of hydrogen-bond donors (Lipinski definition) is 0. The molecule has 0 saturated heterocycles. The van der Waals surface area contributed by atoms with Gasteiger partial charge in [0.05, 0.1) is 5.75 Å². The van der Waals surface area contributed by atoms with Gasteiger partial charge in [0.2, 0.25) is 0 Å². The molecule has 16 heavy (non-hydrogen) atoms. The average molecular weight is 261 g/mol. The Morgan fingerprint density at radius 1 is 1.25 bits per heavy atom. The second-order valence-corrected chi connectivity index (χ2v) is 6.75. The summed E-state index contributed by atoms with van der Waals surface area (Å²) in [6.45, 7) is 2.02. The van der Waals surface area contributed by atoms with Crippen LogP contribution >= 0.6 is 11.6 Å². The summed E-state index contributed by atoms with van der Waals surface area (Å²) in [4.78, 5) is 0. The highest BCUT2D eigenvalue weighted by atomic mass is 35.5. The summed E-state index contributed by atoms with van der Waals surface area (Å²) in [5, 5.41) is 0. The number of halogens is 1. The first kappa shape index (κ1) is 13.5. The number of benzene rings is 1. The van der Waals surface area contributed by atoms with Crippen molar-refractivity contribution in [3.05, 3.63) is 35.4 Å². The maximum Gasteiger partial charge on any atom is 0.147 e. The van der Waals surface area contributed by atoms with Gasteiger partial charge in [-0.1, -0.05) is 29.8 Å². The van der Waals surface area contributed by atoms with Crippen LogP contribution in [0.4, 0.5) is 0 Å². The quantitative estimate of drug-likeness (QED) is 0.763. The Morgan fingerprint density at radius 2 is 1.81 bits per heavy atom. The molecule has 0 aromatic heterocycles. The Hall–Kier alpha value is -0.540. The lowest BCUT2D eigenvalue weighted by Crippen LogP contribution is -2.09. The zero-order valence-corrected chi connectivity index (χ0v) is 11.2. The molecule has 0 bridgehead atoms. The normalized spacial score (nSPS) is 13.7. The van der Waals surface area contributed by atoms with E-state index in [1.165, 1.54) is 11.8 Å². The summed E-state index contributed by atoms with van der Waals surface area (Å²) in [5.74, 6) is 0.772. The Morgan fingerprint density at radius 3 is 2.25 bits per heavy atom. The molecule has 0 heterocycles. The van der Waals surface area contributed by atoms with Crippen LogP contribution in [0.1, 0.15) is 23.5 Å². The van der Waals surface area contributed by atoms with Crippen LogP contribution in [-0.2, 0) is 9.84 Å². The van der Waals surface area contributed by atoms with Crippen LogP contribution in [-0.4, -0.2) is 26.3 Å². The molecule has 0 aliphatic carbocycles. The molecule has 0 aliphatic heterocycles. The van der Waals surface area contributed by atoms with E-state index in [-0.39, 0.29) is 11.7 Å². The predicted octanol–water partition coefficient (Wildman–Crippen LogP) is 2.75. The molecule has 0 N–H and O–H groups in total. The second-order valence-electron chi connectivity index (χ2n) is 4.18. The molecule has 0 fully saturated rings. The molecule has 0 amide bonds. The monoisotopic (exact) mass is 260 g/mol. The van der Waals surface area contributed by atoms with Gasteiger partial charge in [-0.2, -0.15) is 0 Å². The Kier molecular flexibility index (Phi) is 4.81. The van der Waals surface area contributed by atoms with Crippen LogP contribution in [0.15, 0.2) is 24.3 Å². The number of aryl methyl sites for hydroxylation is 1. The van der Waals surface area contributed by atoms with Gasteiger partial charge in [0, 0.05) is 12.1 Å². The molecule has 0 aliphatic rings.